The third-order valence-electron chi connectivity index (χ3n) is 5.43. The summed E-state index contributed by atoms with van der Waals surface area (Å²) in [5, 5.41) is 16.6. The molecule has 0 unspecified atom stereocenters. The van der Waals surface area contributed by atoms with E-state index in [-0.39, 0.29) is 23.8 Å². The number of hydrogen-bond donors (Lipinski definition) is 1. The standard InChI is InChI=1S/C23H20N2O2/c1-25-22(15-11-13-17(26)14-12-15)20-21(24-25)18-9-5-6-10-19(18)27-23(20)16-7-3-2-4-8-16/h2-14,20,22-23,26H,1H3/t20-,22+,23-/m0/s1. The molecule has 0 aromatic heterocycles. The second kappa shape index (κ2) is 6.16. The van der Waals surface area contributed by atoms with Gasteiger partial charge in [0, 0.05) is 12.6 Å². The van der Waals surface area contributed by atoms with Crippen molar-refractivity contribution in [2.45, 2.75) is 12.1 Å². The van der Waals surface area contributed by atoms with Crippen molar-refractivity contribution in [3.05, 3.63) is 95.6 Å². The fourth-order valence-electron chi connectivity index (χ4n) is 4.23. The van der Waals surface area contributed by atoms with Crippen molar-refractivity contribution >= 4 is 5.71 Å². The molecule has 0 fully saturated rings. The SMILES string of the molecule is CN1N=C2c3ccccc3O[C@@H](c3ccccc3)[C@@H]2[C@H]1c1ccc(O)cc1. The van der Waals surface area contributed by atoms with Gasteiger partial charge in [0.05, 0.1) is 17.7 Å². The molecule has 0 saturated carbocycles. The van der Waals surface area contributed by atoms with Crippen LogP contribution in [0.15, 0.2) is 84.0 Å². The average molecular weight is 356 g/mol. The third-order valence-corrected chi connectivity index (χ3v) is 5.43. The Balaban J connectivity index is 1.66. The van der Waals surface area contributed by atoms with E-state index in [1.807, 2.05) is 60.6 Å². The molecule has 4 heteroatoms. The fraction of sp³-hybridized carbons (Fsp3) is 0.174. The highest BCUT2D eigenvalue weighted by molar-refractivity contribution is 6.07. The second-order valence-corrected chi connectivity index (χ2v) is 7.07. The van der Waals surface area contributed by atoms with Gasteiger partial charge in [0.25, 0.3) is 0 Å². The van der Waals surface area contributed by atoms with Gasteiger partial charge in [-0.25, -0.2) is 0 Å². The first-order valence-electron chi connectivity index (χ1n) is 9.13. The number of rotatable bonds is 2. The van der Waals surface area contributed by atoms with E-state index in [1.165, 1.54) is 0 Å². The monoisotopic (exact) mass is 356 g/mol. The largest absolute Gasteiger partial charge is 0.508 e. The van der Waals surface area contributed by atoms with E-state index < -0.39 is 0 Å². The number of fused-ring (bicyclic) bond motifs is 3. The van der Waals surface area contributed by atoms with Gasteiger partial charge in [-0.1, -0.05) is 54.6 Å². The number of hydrogen-bond acceptors (Lipinski definition) is 4. The Morgan fingerprint density at radius 1 is 0.852 bits per heavy atom. The first-order valence-corrected chi connectivity index (χ1v) is 9.13. The fourth-order valence-corrected chi connectivity index (χ4v) is 4.23. The molecular formula is C23H20N2O2. The summed E-state index contributed by atoms with van der Waals surface area (Å²) in [5.41, 5.74) is 4.38. The summed E-state index contributed by atoms with van der Waals surface area (Å²) < 4.78 is 6.50. The summed E-state index contributed by atoms with van der Waals surface area (Å²) in [6.07, 6.45) is -0.122. The van der Waals surface area contributed by atoms with Gasteiger partial charge < -0.3 is 9.84 Å². The van der Waals surface area contributed by atoms with E-state index in [1.54, 1.807) is 12.1 Å². The number of phenols is 1. The number of hydrazone groups is 1. The van der Waals surface area contributed by atoms with E-state index in [9.17, 15) is 5.11 Å². The Labute approximate surface area is 158 Å². The van der Waals surface area contributed by atoms with Crippen molar-refractivity contribution in [3.8, 4) is 11.5 Å². The Kier molecular flexibility index (Phi) is 3.64. The molecule has 5 rings (SSSR count). The quantitative estimate of drug-likeness (QED) is 0.734. The average Bonchev–Trinajstić information content (AvgIpc) is 3.06. The summed E-state index contributed by atoms with van der Waals surface area (Å²) in [6, 6.07) is 25.9. The summed E-state index contributed by atoms with van der Waals surface area (Å²) in [7, 11) is 2.01. The van der Waals surface area contributed by atoms with Crippen LogP contribution in [0.3, 0.4) is 0 Å². The van der Waals surface area contributed by atoms with Crippen molar-refractivity contribution in [2.24, 2.45) is 11.0 Å². The van der Waals surface area contributed by atoms with Crippen LogP contribution in [0.5, 0.6) is 11.5 Å². The zero-order valence-electron chi connectivity index (χ0n) is 15.0. The van der Waals surface area contributed by atoms with Crippen LogP contribution in [-0.4, -0.2) is 22.9 Å². The molecule has 3 aromatic rings. The molecule has 0 radical (unpaired) electrons. The van der Waals surface area contributed by atoms with Crippen molar-refractivity contribution in [2.75, 3.05) is 7.05 Å². The number of ether oxygens (including phenoxy) is 1. The molecule has 2 aliphatic heterocycles. The lowest BCUT2D eigenvalue weighted by molar-refractivity contribution is 0.113. The molecule has 2 aliphatic rings. The summed E-state index contributed by atoms with van der Waals surface area (Å²) in [6.45, 7) is 0. The van der Waals surface area contributed by atoms with Crippen LogP contribution in [0, 0.1) is 5.92 Å². The van der Waals surface area contributed by atoms with E-state index in [0.29, 0.717) is 0 Å². The number of para-hydroxylation sites is 1. The maximum absolute atomic E-state index is 9.69. The maximum Gasteiger partial charge on any atom is 0.135 e. The third kappa shape index (κ3) is 2.56. The zero-order chi connectivity index (χ0) is 18.4. The predicted octanol–water partition coefficient (Wildman–Crippen LogP) is 4.53. The van der Waals surface area contributed by atoms with Crippen LogP contribution in [0.2, 0.25) is 0 Å². The highest BCUT2D eigenvalue weighted by Gasteiger charge is 2.47. The Morgan fingerprint density at radius 3 is 2.33 bits per heavy atom. The molecule has 0 bridgehead atoms. The lowest BCUT2D eigenvalue weighted by Crippen LogP contribution is -2.35. The van der Waals surface area contributed by atoms with Gasteiger partial charge in [-0.3, -0.25) is 5.01 Å². The molecule has 0 amide bonds. The zero-order valence-corrected chi connectivity index (χ0v) is 15.0. The lowest BCUT2D eigenvalue weighted by Gasteiger charge is -2.36. The number of phenolic OH excluding ortho intramolecular Hbond substituents is 1. The number of aromatic hydroxyl groups is 1. The van der Waals surface area contributed by atoms with Crippen LogP contribution in [0.4, 0.5) is 0 Å². The molecule has 1 N–H and O–H groups in total. The normalized spacial score (nSPS) is 23.2. The lowest BCUT2D eigenvalue weighted by atomic mass is 9.79. The molecule has 0 saturated heterocycles. The van der Waals surface area contributed by atoms with Crippen LogP contribution in [0.1, 0.15) is 28.8 Å². The van der Waals surface area contributed by atoms with Gasteiger partial charge >= 0.3 is 0 Å². The van der Waals surface area contributed by atoms with E-state index in [2.05, 4.69) is 18.2 Å². The van der Waals surface area contributed by atoms with Crippen molar-refractivity contribution in [1.29, 1.82) is 0 Å². The smallest absolute Gasteiger partial charge is 0.135 e. The van der Waals surface area contributed by atoms with Gasteiger partial charge in [0.2, 0.25) is 0 Å². The number of benzene rings is 3. The van der Waals surface area contributed by atoms with Gasteiger partial charge in [-0.15, -0.1) is 0 Å². The number of nitrogens with zero attached hydrogens (tertiary/aromatic N) is 2. The summed E-state index contributed by atoms with van der Waals surface area (Å²) in [4.78, 5) is 0. The molecular weight excluding hydrogens is 336 g/mol. The van der Waals surface area contributed by atoms with E-state index in [4.69, 9.17) is 9.84 Å². The van der Waals surface area contributed by atoms with Gasteiger partial charge in [-0.05, 0) is 35.4 Å². The van der Waals surface area contributed by atoms with Crippen LogP contribution in [0.25, 0.3) is 0 Å². The Morgan fingerprint density at radius 2 is 1.56 bits per heavy atom. The Hall–Kier alpha value is -3.27. The summed E-state index contributed by atoms with van der Waals surface area (Å²) >= 11 is 0. The van der Waals surface area contributed by atoms with Crippen molar-refractivity contribution in [3.63, 3.8) is 0 Å². The Bertz CT molecular complexity index is 998. The summed E-state index contributed by atoms with van der Waals surface area (Å²) in [5.74, 6) is 1.21. The first-order chi connectivity index (χ1) is 13.2. The molecule has 3 atom stereocenters. The van der Waals surface area contributed by atoms with E-state index >= 15 is 0 Å². The molecule has 27 heavy (non-hydrogen) atoms. The minimum Gasteiger partial charge on any atom is -0.508 e. The molecule has 0 aliphatic carbocycles. The molecule has 2 heterocycles. The van der Waals surface area contributed by atoms with Crippen molar-refractivity contribution in [1.82, 2.24) is 5.01 Å². The van der Waals surface area contributed by atoms with Crippen LogP contribution in [-0.2, 0) is 0 Å². The minimum absolute atomic E-state index is 0.0409. The maximum atomic E-state index is 9.69. The molecule has 3 aromatic carbocycles. The topological polar surface area (TPSA) is 45.1 Å². The molecule has 4 nitrogen and oxygen atoms in total. The molecule has 0 spiro atoms. The first kappa shape index (κ1) is 15.9. The second-order valence-electron chi connectivity index (χ2n) is 7.07. The minimum atomic E-state index is -0.122. The van der Waals surface area contributed by atoms with Gasteiger partial charge in [-0.2, -0.15) is 5.10 Å². The molecule has 134 valence electrons. The predicted molar refractivity (Wildman–Crippen MR) is 105 cm³/mol. The van der Waals surface area contributed by atoms with Crippen molar-refractivity contribution < 1.29 is 9.84 Å². The van der Waals surface area contributed by atoms with Crippen LogP contribution < -0.4 is 4.74 Å². The highest BCUT2D eigenvalue weighted by Crippen LogP contribution is 2.49. The van der Waals surface area contributed by atoms with Gasteiger partial charge in [0.15, 0.2) is 0 Å². The van der Waals surface area contributed by atoms with E-state index in [0.717, 1.165) is 28.2 Å². The highest BCUT2D eigenvalue weighted by atomic mass is 16.5. The van der Waals surface area contributed by atoms with Crippen LogP contribution >= 0.6 is 0 Å². The van der Waals surface area contributed by atoms with Gasteiger partial charge in [0.1, 0.15) is 17.6 Å².